The van der Waals surface area contributed by atoms with Crippen molar-refractivity contribution < 1.29 is 4.42 Å². The van der Waals surface area contributed by atoms with Gasteiger partial charge in [-0.3, -0.25) is 4.57 Å². The lowest BCUT2D eigenvalue weighted by molar-refractivity contribution is 0.673. The lowest BCUT2D eigenvalue weighted by Crippen LogP contribution is -1.98. The largest absolute Gasteiger partial charge is 0.455 e. The van der Waals surface area contributed by atoms with E-state index in [9.17, 15) is 0 Å². The molecular weight excluding hydrogens is 550 g/mol. The molecule has 0 amide bonds. The molecule has 0 N–H and O–H groups in total. The average Bonchev–Trinajstić information content (AvgIpc) is 3.78. The van der Waals surface area contributed by atoms with Crippen molar-refractivity contribution in [1.82, 2.24) is 14.1 Å². The third-order valence-electron chi connectivity index (χ3n) is 9.10. The molecule has 0 unspecified atom stereocenters. The number of aromatic nitrogens is 3. The van der Waals surface area contributed by atoms with E-state index in [2.05, 4.69) is 137 Å². The van der Waals surface area contributed by atoms with Gasteiger partial charge in [0.15, 0.2) is 0 Å². The van der Waals surface area contributed by atoms with Crippen LogP contribution in [-0.2, 0) is 0 Å². The van der Waals surface area contributed by atoms with Gasteiger partial charge in [-0.2, -0.15) is 0 Å². The van der Waals surface area contributed by atoms with Crippen LogP contribution >= 0.6 is 0 Å². The van der Waals surface area contributed by atoms with Crippen LogP contribution in [0.25, 0.3) is 88.3 Å². The van der Waals surface area contributed by atoms with Gasteiger partial charge in [-0.15, -0.1) is 0 Å². The van der Waals surface area contributed by atoms with E-state index < -0.39 is 0 Å². The molecule has 210 valence electrons. The van der Waals surface area contributed by atoms with Crippen molar-refractivity contribution >= 4 is 65.6 Å². The summed E-state index contributed by atoms with van der Waals surface area (Å²) in [7, 11) is 0. The molecule has 0 saturated heterocycles. The van der Waals surface area contributed by atoms with Crippen molar-refractivity contribution in [1.29, 1.82) is 0 Å². The molecule has 0 aliphatic carbocycles. The van der Waals surface area contributed by atoms with Crippen molar-refractivity contribution in [2.45, 2.75) is 0 Å². The molecular formula is C41H25N3O. The highest BCUT2D eigenvalue weighted by Crippen LogP contribution is 2.41. The third-order valence-corrected chi connectivity index (χ3v) is 9.10. The molecule has 0 saturated carbocycles. The van der Waals surface area contributed by atoms with Gasteiger partial charge in [-0.1, -0.05) is 91.0 Å². The van der Waals surface area contributed by atoms with Gasteiger partial charge in [0, 0.05) is 33.1 Å². The summed E-state index contributed by atoms with van der Waals surface area (Å²) in [6.45, 7) is 0. The van der Waals surface area contributed by atoms with E-state index in [1.54, 1.807) is 0 Å². The van der Waals surface area contributed by atoms with Gasteiger partial charge in [-0.25, -0.2) is 4.98 Å². The fraction of sp³-hybridized carbons (Fsp3) is 0. The SMILES string of the molecule is c1ccc(-c2nc3ccccc3n2-c2ccc3cc(-n4c5ccccc5c5c6oc7ccccc7c6ccc54)ccc3c2)cc1. The second-order valence-corrected chi connectivity index (χ2v) is 11.6. The zero-order valence-corrected chi connectivity index (χ0v) is 24.2. The molecule has 4 heteroatoms. The van der Waals surface area contributed by atoms with Crippen LogP contribution in [0, 0.1) is 0 Å². The van der Waals surface area contributed by atoms with Crippen LogP contribution in [0.5, 0.6) is 0 Å². The van der Waals surface area contributed by atoms with Crippen molar-refractivity contribution in [3.63, 3.8) is 0 Å². The minimum absolute atomic E-state index is 0.916. The Labute approximate surface area is 258 Å². The Morgan fingerprint density at radius 1 is 0.467 bits per heavy atom. The van der Waals surface area contributed by atoms with Crippen LogP contribution in [-0.4, -0.2) is 14.1 Å². The van der Waals surface area contributed by atoms with Gasteiger partial charge >= 0.3 is 0 Å². The maximum atomic E-state index is 6.49. The molecule has 0 aliphatic heterocycles. The summed E-state index contributed by atoms with van der Waals surface area (Å²) < 4.78 is 11.1. The predicted octanol–water partition coefficient (Wildman–Crippen LogP) is 10.8. The molecule has 3 aromatic heterocycles. The summed E-state index contributed by atoms with van der Waals surface area (Å²) in [6, 6.07) is 53.6. The second kappa shape index (κ2) is 9.18. The number of benzene rings is 7. The Morgan fingerprint density at radius 2 is 1.13 bits per heavy atom. The van der Waals surface area contributed by atoms with E-state index in [0.717, 1.165) is 72.2 Å². The van der Waals surface area contributed by atoms with Crippen LogP contribution in [0.4, 0.5) is 0 Å². The summed E-state index contributed by atoms with van der Waals surface area (Å²) in [6.07, 6.45) is 0. The molecule has 7 aromatic carbocycles. The van der Waals surface area contributed by atoms with Crippen molar-refractivity contribution in [3.8, 4) is 22.8 Å². The summed E-state index contributed by atoms with van der Waals surface area (Å²) in [4.78, 5) is 5.03. The molecule has 0 fully saturated rings. The number of fused-ring (bicyclic) bond motifs is 9. The Bertz CT molecular complexity index is 2760. The van der Waals surface area contributed by atoms with E-state index in [1.165, 1.54) is 16.2 Å². The normalized spacial score (nSPS) is 12.0. The minimum Gasteiger partial charge on any atom is -0.455 e. The average molecular weight is 576 g/mol. The molecule has 0 aliphatic rings. The number of rotatable bonds is 3. The highest BCUT2D eigenvalue weighted by atomic mass is 16.3. The number of para-hydroxylation sites is 4. The van der Waals surface area contributed by atoms with Crippen molar-refractivity contribution in [2.75, 3.05) is 0 Å². The highest BCUT2D eigenvalue weighted by molar-refractivity contribution is 6.23. The number of hydrogen-bond acceptors (Lipinski definition) is 2. The summed E-state index contributed by atoms with van der Waals surface area (Å²) in [5.74, 6) is 0.940. The standard InChI is InChI=1S/C41H25N3O/c1-2-10-26(11-3-1)41-42-34-14-6-8-16-36(34)44(41)30-21-19-27-24-29(20-18-28(27)25-30)43-35-15-7-4-13-33(35)39-37(43)23-22-32-31-12-5-9-17-38(31)45-40(32)39/h1-25H. The third kappa shape index (κ3) is 3.51. The number of hydrogen-bond donors (Lipinski definition) is 0. The first-order valence-electron chi connectivity index (χ1n) is 15.2. The van der Waals surface area contributed by atoms with Gasteiger partial charge in [0.25, 0.3) is 0 Å². The van der Waals surface area contributed by atoms with Gasteiger partial charge in [0.1, 0.15) is 17.0 Å². The van der Waals surface area contributed by atoms with Crippen LogP contribution in [0.3, 0.4) is 0 Å². The van der Waals surface area contributed by atoms with Gasteiger partial charge in [0.2, 0.25) is 0 Å². The lowest BCUT2D eigenvalue weighted by Gasteiger charge is -2.13. The molecule has 4 nitrogen and oxygen atoms in total. The number of furan rings is 1. The molecule has 0 bridgehead atoms. The Morgan fingerprint density at radius 3 is 1.96 bits per heavy atom. The Hall–Kier alpha value is -6.13. The monoisotopic (exact) mass is 575 g/mol. The first-order valence-corrected chi connectivity index (χ1v) is 15.2. The first-order chi connectivity index (χ1) is 22.3. The number of nitrogens with zero attached hydrogens (tertiary/aromatic N) is 3. The fourth-order valence-electron chi connectivity index (χ4n) is 7.08. The second-order valence-electron chi connectivity index (χ2n) is 11.6. The van der Waals surface area contributed by atoms with Crippen LogP contribution in [0.15, 0.2) is 156 Å². The molecule has 0 spiro atoms. The van der Waals surface area contributed by atoms with E-state index in [-0.39, 0.29) is 0 Å². The van der Waals surface area contributed by atoms with E-state index in [4.69, 9.17) is 9.40 Å². The van der Waals surface area contributed by atoms with Gasteiger partial charge in [0.05, 0.1) is 27.5 Å². The van der Waals surface area contributed by atoms with Crippen LogP contribution < -0.4 is 0 Å². The van der Waals surface area contributed by atoms with Crippen molar-refractivity contribution in [3.05, 3.63) is 152 Å². The fourth-order valence-corrected chi connectivity index (χ4v) is 7.08. The first kappa shape index (κ1) is 24.3. The van der Waals surface area contributed by atoms with Crippen LogP contribution in [0.2, 0.25) is 0 Å². The number of imidazole rings is 1. The molecule has 10 aromatic rings. The molecule has 3 heterocycles. The molecule has 10 rings (SSSR count). The highest BCUT2D eigenvalue weighted by Gasteiger charge is 2.19. The molecule has 45 heavy (non-hydrogen) atoms. The minimum atomic E-state index is 0.916. The van der Waals surface area contributed by atoms with E-state index in [1.807, 2.05) is 24.3 Å². The topological polar surface area (TPSA) is 35.9 Å². The molecule has 0 radical (unpaired) electrons. The molecule has 0 atom stereocenters. The van der Waals surface area contributed by atoms with E-state index >= 15 is 0 Å². The van der Waals surface area contributed by atoms with Crippen molar-refractivity contribution in [2.24, 2.45) is 0 Å². The summed E-state index contributed by atoms with van der Waals surface area (Å²) in [5.41, 5.74) is 9.53. The quantitative estimate of drug-likeness (QED) is 0.210. The summed E-state index contributed by atoms with van der Waals surface area (Å²) >= 11 is 0. The van der Waals surface area contributed by atoms with E-state index in [0.29, 0.717) is 0 Å². The zero-order valence-electron chi connectivity index (χ0n) is 24.2. The van der Waals surface area contributed by atoms with Gasteiger partial charge < -0.3 is 8.98 Å². The summed E-state index contributed by atoms with van der Waals surface area (Å²) in [5, 5.41) is 6.98. The van der Waals surface area contributed by atoms with Crippen LogP contribution in [0.1, 0.15) is 0 Å². The Balaban J connectivity index is 1.17. The smallest absolute Gasteiger partial charge is 0.145 e. The zero-order chi connectivity index (χ0) is 29.5. The maximum absolute atomic E-state index is 6.49. The van der Waals surface area contributed by atoms with Gasteiger partial charge in [-0.05, 0) is 71.4 Å². The predicted molar refractivity (Wildman–Crippen MR) is 186 cm³/mol. The maximum Gasteiger partial charge on any atom is 0.145 e. The lowest BCUT2D eigenvalue weighted by atomic mass is 10.1. The Kier molecular flexibility index (Phi) is 4.96.